The molecule has 0 unspecified atom stereocenters. The van der Waals surface area contributed by atoms with Gasteiger partial charge in [0.15, 0.2) is 0 Å². The molecular weight excluding hydrogens is 367 g/mol. The van der Waals surface area contributed by atoms with Gasteiger partial charge in [0.2, 0.25) is 0 Å². The molecule has 1 aliphatic heterocycles. The molecule has 6 nitrogen and oxygen atoms in total. The summed E-state index contributed by atoms with van der Waals surface area (Å²) in [6, 6.07) is 6.82. The first-order chi connectivity index (χ1) is 13.1. The summed E-state index contributed by atoms with van der Waals surface area (Å²) in [6.45, 7) is 2.15. The number of nitrogens with zero attached hydrogens (tertiary/aromatic N) is 4. The summed E-state index contributed by atoms with van der Waals surface area (Å²) in [6.07, 6.45) is 5.38. The average Bonchev–Trinajstić information content (AvgIpc) is 2.67. The molecule has 0 amide bonds. The number of rotatable bonds is 4. The van der Waals surface area contributed by atoms with E-state index in [-0.39, 0.29) is 5.02 Å². The van der Waals surface area contributed by atoms with Gasteiger partial charge in [-0.15, -0.1) is 0 Å². The molecule has 3 heterocycles. The molecule has 3 aromatic rings. The first kappa shape index (κ1) is 17.9. The largest absolute Gasteiger partial charge is 0.367 e. The van der Waals surface area contributed by atoms with Crippen molar-refractivity contribution in [1.82, 2.24) is 19.9 Å². The standard InChI is InChI=1S/C19H20ClFN6/c1-27-6-4-12(5-7-27)25-18-9-14-17(10-22-18)23-11-24-19(14)26-13-2-3-16(21)15(20)8-13/h2-3,8-12H,4-7H2,1H3,(H,22,25)(H,23,24,26). The van der Waals surface area contributed by atoms with E-state index in [1.165, 1.54) is 18.5 Å². The van der Waals surface area contributed by atoms with Gasteiger partial charge in [0.25, 0.3) is 0 Å². The lowest BCUT2D eigenvalue weighted by molar-refractivity contribution is 0.263. The zero-order valence-corrected chi connectivity index (χ0v) is 15.7. The average molecular weight is 387 g/mol. The Morgan fingerprint density at radius 3 is 2.74 bits per heavy atom. The Labute approximate surface area is 161 Å². The summed E-state index contributed by atoms with van der Waals surface area (Å²) >= 11 is 5.87. The lowest BCUT2D eigenvalue weighted by Crippen LogP contribution is -2.36. The predicted molar refractivity (Wildman–Crippen MR) is 106 cm³/mol. The maximum Gasteiger partial charge on any atom is 0.141 e. The van der Waals surface area contributed by atoms with Gasteiger partial charge in [0.1, 0.15) is 23.8 Å². The second kappa shape index (κ2) is 7.62. The van der Waals surface area contributed by atoms with Crippen LogP contribution < -0.4 is 10.6 Å². The van der Waals surface area contributed by atoms with Crippen molar-refractivity contribution in [2.24, 2.45) is 0 Å². The highest BCUT2D eigenvalue weighted by molar-refractivity contribution is 6.31. The first-order valence-electron chi connectivity index (χ1n) is 8.86. The quantitative estimate of drug-likeness (QED) is 0.704. The number of piperidine rings is 1. The van der Waals surface area contributed by atoms with E-state index in [4.69, 9.17) is 11.6 Å². The summed E-state index contributed by atoms with van der Waals surface area (Å²) < 4.78 is 13.4. The molecule has 27 heavy (non-hydrogen) atoms. The van der Waals surface area contributed by atoms with Crippen LogP contribution in [0.3, 0.4) is 0 Å². The molecule has 8 heteroatoms. The van der Waals surface area contributed by atoms with E-state index in [0.29, 0.717) is 17.5 Å². The van der Waals surface area contributed by atoms with Crippen molar-refractivity contribution in [2.45, 2.75) is 18.9 Å². The molecule has 2 N–H and O–H groups in total. The maximum absolute atomic E-state index is 13.4. The second-order valence-corrected chi connectivity index (χ2v) is 7.19. The highest BCUT2D eigenvalue weighted by Gasteiger charge is 2.17. The SMILES string of the molecule is CN1CCC(Nc2cc3c(Nc4ccc(F)c(Cl)c4)ncnc3cn2)CC1. The van der Waals surface area contributed by atoms with Gasteiger partial charge in [-0.2, -0.15) is 0 Å². The van der Waals surface area contributed by atoms with E-state index in [2.05, 4.69) is 37.5 Å². The molecule has 1 saturated heterocycles. The molecular formula is C19H20ClFN6. The zero-order chi connectivity index (χ0) is 18.8. The van der Waals surface area contributed by atoms with Crippen molar-refractivity contribution >= 4 is 39.8 Å². The number of benzene rings is 1. The van der Waals surface area contributed by atoms with E-state index in [0.717, 1.165) is 42.7 Å². The number of likely N-dealkylation sites (tertiary alicyclic amines) is 1. The minimum Gasteiger partial charge on any atom is -0.367 e. The van der Waals surface area contributed by atoms with E-state index < -0.39 is 5.82 Å². The lowest BCUT2D eigenvalue weighted by atomic mass is 10.1. The van der Waals surface area contributed by atoms with Crippen LogP contribution in [-0.4, -0.2) is 46.0 Å². The van der Waals surface area contributed by atoms with Gasteiger partial charge in [0.05, 0.1) is 16.7 Å². The van der Waals surface area contributed by atoms with Gasteiger partial charge in [-0.3, -0.25) is 0 Å². The molecule has 2 aromatic heterocycles. The fourth-order valence-corrected chi connectivity index (χ4v) is 3.39. The van der Waals surface area contributed by atoms with E-state index in [1.54, 1.807) is 12.3 Å². The Bertz CT molecular complexity index is 958. The third-order valence-corrected chi connectivity index (χ3v) is 5.06. The van der Waals surface area contributed by atoms with Gasteiger partial charge in [-0.25, -0.2) is 19.3 Å². The lowest BCUT2D eigenvalue weighted by Gasteiger charge is -2.29. The van der Waals surface area contributed by atoms with Gasteiger partial charge in [-0.1, -0.05) is 11.6 Å². The fourth-order valence-electron chi connectivity index (χ4n) is 3.21. The number of nitrogens with one attached hydrogen (secondary N) is 2. The monoisotopic (exact) mass is 386 g/mol. The van der Waals surface area contributed by atoms with Crippen LogP contribution in [-0.2, 0) is 0 Å². The van der Waals surface area contributed by atoms with Crippen LogP contribution in [0.15, 0.2) is 36.8 Å². The number of halogens is 2. The van der Waals surface area contributed by atoms with Crippen LogP contribution in [0.2, 0.25) is 5.02 Å². The summed E-state index contributed by atoms with van der Waals surface area (Å²) in [5, 5.41) is 7.59. The smallest absolute Gasteiger partial charge is 0.141 e. The number of fused-ring (bicyclic) bond motifs is 1. The summed E-state index contributed by atoms with van der Waals surface area (Å²) in [5.74, 6) is 0.965. The summed E-state index contributed by atoms with van der Waals surface area (Å²) in [4.78, 5) is 15.4. The highest BCUT2D eigenvalue weighted by atomic mass is 35.5. The molecule has 0 radical (unpaired) electrons. The van der Waals surface area contributed by atoms with Crippen LogP contribution in [0, 0.1) is 5.82 Å². The third kappa shape index (κ3) is 4.09. The predicted octanol–water partition coefficient (Wildman–Crippen LogP) is 4.07. The molecule has 0 saturated carbocycles. The van der Waals surface area contributed by atoms with E-state index in [9.17, 15) is 4.39 Å². The van der Waals surface area contributed by atoms with Gasteiger partial charge >= 0.3 is 0 Å². The fraction of sp³-hybridized carbons (Fsp3) is 0.316. The molecule has 0 spiro atoms. The van der Waals surface area contributed by atoms with Crippen LogP contribution in [0.5, 0.6) is 0 Å². The Hall–Kier alpha value is -2.51. The van der Waals surface area contributed by atoms with Crippen LogP contribution in [0.25, 0.3) is 10.9 Å². The summed E-state index contributed by atoms with van der Waals surface area (Å²) in [5.41, 5.74) is 1.39. The van der Waals surface area contributed by atoms with Crippen LogP contribution in [0.4, 0.5) is 21.7 Å². The van der Waals surface area contributed by atoms with Crippen molar-refractivity contribution in [2.75, 3.05) is 30.8 Å². The summed E-state index contributed by atoms with van der Waals surface area (Å²) in [7, 11) is 2.14. The van der Waals surface area contributed by atoms with Crippen molar-refractivity contribution < 1.29 is 4.39 Å². The van der Waals surface area contributed by atoms with Crippen molar-refractivity contribution in [1.29, 1.82) is 0 Å². The Balaban J connectivity index is 1.60. The van der Waals surface area contributed by atoms with Crippen LogP contribution in [0.1, 0.15) is 12.8 Å². The second-order valence-electron chi connectivity index (χ2n) is 6.78. The topological polar surface area (TPSA) is 66.0 Å². The number of hydrogen-bond donors (Lipinski definition) is 2. The van der Waals surface area contributed by atoms with Gasteiger partial charge in [-0.05, 0) is 57.2 Å². The number of hydrogen-bond acceptors (Lipinski definition) is 6. The Morgan fingerprint density at radius 2 is 1.96 bits per heavy atom. The third-order valence-electron chi connectivity index (χ3n) is 4.77. The minimum absolute atomic E-state index is 0.0599. The zero-order valence-electron chi connectivity index (χ0n) is 14.9. The molecule has 1 aliphatic rings. The van der Waals surface area contributed by atoms with Crippen molar-refractivity contribution in [3.05, 3.63) is 47.6 Å². The van der Waals surface area contributed by atoms with Crippen molar-refractivity contribution in [3.63, 3.8) is 0 Å². The number of aromatic nitrogens is 3. The number of anilines is 3. The molecule has 1 fully saturated rings. The van der Waals surface area contributed by atoms with E-state index in [1.807, 2.05) is 6.07 Å². The van der Waals surface area contributed by atoms with Crippen LogP contribution >= 0.6 is 11.6 Å². The van der Waals surface area contributed by atoms with Gasteiger partial charge in [0, 0.05) is 17.1 Å². The van der Waals surface area contributed by atoms with E-state index >= 15 is 0 Å². The Morgan fingerprint density at radius 1 is 1.15 bits per heavy atom. The number of pyridine rings is 1. The van der Waals surface area contributed by atoms with Crippen molar-refractivity contribution in [3.8, 4) is 0 Å². The minimum atomic E-state index is -0.455. The van der Waals surface area contributed by atoms with Gasteiger partial charge < -0.3 is 15.5 Å². The molecule has 140 valence electrons. The molecule has 0 bridgehead atoms. The first-order valence-corrected chi connectivity index (χ1v) is 9.24. The maximum atomic E-state index is 13.4. The molecule has 0 aliphatic carbocycles. The molecule has 1 aromatic carbocycles. The normalized spacial score (nSPS) is 15.8. The Kier molecular flexibility index (Phi) is 5.05. The highest BCUT2D eigenvalue weighted by Crippen LogP contribution is 2.27. The molecule has 0 atom stereocenters. The molecule has 4 rings (SSSR count).